The molecule has 1 aliphatic heterocycles. The van der Waals surface area contributed by atoms with E-state index in [1.54, 1.807) is 22.8 Å². The van der Waals surface area contributed by atoms with E-state index in [1.165, 1.54) is 0 Å². The van der Waals surface area contributed by atoms with Gasteiger partial charge in [0.25, 0.3) is 5.91 Å². The molecule has 0 aliphatic carbocycles. The first kappa shape index (κ1) is 20.9. The van der Waals surface area contributed by atoms with Crippen LogP contribution in [-0.4, -0.2) is 67.9 Å². The topological polar surface area (TPSA) is 113 Å². The molecule has 2 aromatic rings. The van der Waals surface area contributed by atoms with Crippen molar-refractivity contribution in [3.8, 4) is 0 Å². The van der Waals surface area contributed by atoms with Gasteiger partial charge in [-0.2, -0.15) is 0 Å². The summed E-state index contributed by atoms with van der Waals surface area (Å²) >= 11 is 0. The fourth-order valence-electron chi connectivity index (χ4n) is 2.93. The Balaban J connectivity index is 1.45. The summed E-state index contributed by atoms with van der Waals surface area (Å²) in [6.45, 7) is 3.05. The van der Waals surface area contributed by atoms with Crippen LogP contribution in [0.2, 0.25) is 0 Å². The summed E-state index contributed by atoms with van der Waals surface area (Å²) in [4.78, 5) is 27.7. The molecule has 0 spiro atoms. The summed E-state index contributed by atoms with van der Waals surface area (Å²) in [5, 5.41) is 3.69. The number of halogens is 1. The van der Waals surface area contributed by atoms with Crippen LogP contribution in [0.1, 0.15) is 22.7 Å². The fourth-order valence-corrected chi connectivity index (χ4v) is 3.96. The number of nitrogens with zero attached hydrogens (tertiary/aromatic N) is 3. The van der Waals surface area contributed by atoms with E-state index in [-0.39, 0.29) is 35.4 Å². The first-order valence-corrected chi connectivity index (χ1v) is 10.5. The average molecular weight is 424 g/mol. The molecule has 1 aromatic carbocycles. The zero-order valence-electron chi connectivity index (χ0n) is 15.8. The van der Waals surface area contributed by atoms with Crippen molar-refractivity contribution in [2.45, 2.75) is 18.2 Å². The van der Waals surface area contributed by atoms with E-state index in [1.807, 2.05) is 0 Å². The highest BCUT2D eigenvalue weighted by molar-refractivity contribution is 7.89. The molecule has 0 atom stereocenters. The number of carbonyl (C=O) groups excluding carboxylic acids is 2. The van der Waals surface area contributed by atoms with Gasteiger partial charge in [0.05, 0.1) is 10.6 Å². The van der Waals surface area contributed by atoms with E-state index in [2.05, 4.69) is 9.88 Å². The molecule has 9 nitrogen and oxygen atoms in total. The second-order valence-electron chi connectivity index (χ2n) is 6.61. The van der Waals surface area contributed by atoms with Gasteiger partial charge >= 0.3 is 0 Å². The number of amides is 2. The molecule has 1 aromatic heterocycles. The van der Waals surface area contributed by atoms with Crippen LogP contribution in [0.3, 0.4) is 0 Å². The predicted octanol–water partition coefficient (Wildman–Crippen LogP) is 0.775. The van der Waals surface area contributed by atoms with Crippen LogP contribution in [-0.2, 0) is 14.8 Å². The second kappa shape index (κ2) is 8.70. The third-order valence-electron chi connectivity index (χ3n) is 4.51. The Kier molecular flexibility index (Phi) is 6.28. The number of sulfonamides is 1. The van der Waals surface area contributed by atoms with E-state index in [9.17, 15) is 22.4 Å². The lowest BCUT2D eigenvalue weighted by atomic mass is 10.2. The second-order valence-corrected chi connectivity index (χ2v) is 8.37. The number of nitrogens with one attached hydrogen (secondary N) is 1. The van der Waals surface area contributed by atoms with Crippen molar-refractivity contribution < 1.29 is 26.9 Å². The van der Waals surface area contributed by atoms with Gasteiger partial charge in [0.1, 0.15) is 5.82 Å². The highest BCUT2D eigenvalue weighted by Crippen LogP contribution is 2.12. The molecule has 2 amide bonds. The minimum absolute atomic E-state index is 0.0182. The predicted molar refractivity (Wildman–Crippen MR) is 99.9 cm³/mol. The van der Waals surface area contributed by atoms with Crippen molar-refractivity contribution in [3.63, 3.8) is 0 Å². The molecule has 0 saturated carbocycles. The van der Waals surface area contributed by atoms with Gasteiger partial charge in [0.15, 0.2) is 0 Å². The molecule has 1 fully saturated rings. The van der Waals surface area contributed by atoms with Gasteiger partial charge in [-0.05, 0) is 31.2 Å². The third-order valence-corrected chi connectivity index (χ3v) is 5.99. The molecule has 1 aliphatic rings. The number of carbonyl (C=O) groups is 2. The van der Waals surface area contributed by atoms with Crippen LogP contribution >= 0.6 is 0 Å². The molecule has 11 heteroatoms. The van der Waals surface area contributed by atoms with Crippen LogP contribution in [0.25, 0.3) is 0 Å². The van der Waals surface area contributed by atoms with Gasteiger partial charge in [0.2, 0.25) is 21.7 Å². The number of benzene rings is 1. The van der Waals surface area contributed by atoms with E-state index in [0.29, 0.717) is 31.9 Å². The van der Waals surface area contributed by atoms with Crippen molar-refractivity contribution in [2.24, 2.45) is 0 Å². The summed E-state index contributed by atoms with van der Waals surface area (Å²) < 4.78 is 44.5. The van der Waals surface area contributed by atoms with Crippen molar-refractivity contribution in [1.82, 2.24) is 19.7 Å². The Morgan fingerprint density at radius 2 is 1.76 bits per heavy atom. The van der Waals surface area contributed by atoms with Gasteiger partial charge in [-0.15, -0.1) is 0 Å². The Bertz CT molecular complexity index is 982. The van der Waals surface area contributed by atoms with Crippen LogP contribution in [0, 0.1) is 12.7 Å². The molecule has 1 N–H and O–H groups in total. The molecule has 0 bridgehead atoms. The van der Waals surface area contributed by atoms with Crippen molar-refractivity contribution in [2.75, 3.05) is 32.7 Å². The summed E-state index contributed by atoms with van der Waals surface area (Å²) in [7, 11) is -3.81. The zero-order valence-corrected chi connectivity index (χ0v) is 16.6. The lowest BCUT2D eigenvalue weighted by molar-refractivity contribution is -0.132. The number of rotatable bonds is 6. The Morgan fingerprint density at radius 3 is 2.34 bits per heavy atom. The fraction of sp³-hybridized carbons (Fsp3) is 0.389. The molecule has 0 radical (unpaired) electrons. The maximum absolute atomic E-state index is 12.9. The monoisotopic (exact) mass is 424 g/mol. The quantitative estimate of drug-likeness (QED) is 0.733. The highest BCUT2D eigenvalue weighted by Gasteiger charge is 2.26. The van der Waals surface area contributed by atoms with Crippen molar-refractivity contribution in [3.05, 3.63) is 47.6 Å². The van der Waals surface area contributed by atoms with Gasteiger partial charge in [-0.1, -0.05) is 5.16 Å². The van der Waals surface area contributed by atoms with Crippen LogP contribution in [0.15, 0.2) is 39.8 Å². The van der Waals surface area contributed by atoms with E-state index in [0.717, 1.165) is 24.3 Å². The number of aryl methyl sites for hydroxylation is 1. The standard InChI is InChI=1S/C18H21FN4O5S/c1-13-12-16(28-21-13)18(25)23-10-8-22(9-11-23)17(24)6-7-20-29(26,27)15-4-2-14(19)3-5-15/h2-5,12,20H,6-11H2,1H3. The maximum Gasteiger partial charge on any atom is 0.292 e. The molecule has 1 saturated heterocycles. The number of hydrogen-bond donors (Lipinski definition) is 1. The Morgan fingerprint density at radius 1 is 1.14 bits per heavy atom. The first-order valence-electron chi connectivity index (χ1n) is 9.02. The molecule has 3 rings (SSSR count). The number of aromatic nitrogens is 1. The largest absolute Gasteiger partial charge is 0.351 e. The van der Waals surface area contributed by atoms with E-state index >= 15 is 0 Å². The van der Waals surface area contributed by atoms with Gasteiger partial charge in [-0.25, -0.2) is 17.5 Å². The summed E-state index contributed by atoms with van der Waals surface area (Å²) in [6.07, 6.45) is -0.0182. The van der Waals surface area contributed by atoms with Crippen molar-refractivity contribution >= 4 is 21.8 Å². The normalized spacial score (nSPS) is 14.8. The van der Waals surface area contributed by atoms with Gasteiger partial charge in [0, 0.05) is 45.2 Å². The maximum atomic E-state index is 12.9. The summed E-state index contributed by atoms with van der Waals surface area (Å²) in [6, 6.07) is 5.99. The Labute approximate surface area is 167 Å². The smallest absolute Gasteiger partial charge is 0.292 e. The molecule has 156 valence electrons. The molecule has 2 heterocycles. The lowest BCUT2D eigenvalue weighted by Crippen LogP contribution is -2.51. The van der Waals surface area contributed by atoms with E-state index < -0.39 is 15.8 Å². The molecular weight excluding hydrogens is 403 g/mol. The van der Waals surface area contributed by atoms with Crippen LogP contribution in [0.5, 0.6) is 0 Å². The average Bonchev–Trinajstić information content (AvgIpc) is 3.14. The minimum Gasteiger partial charge on any atom is -0.351 e. The van der Waals surface area contributed by atoms with Crippen molar-refractivity contribution in [1.29, 1.82) is 0 Å². The minimum atomic E-state index is -3.81. The SMILES string of the molecule is Cc1cc(C(=O)N2CCN(C(=O)CCNS(=O)(=O)c3ccc(F)cc3)CC2)on1. The third kappa shape index (κ3) is 5.18. The number of piperazine rings is 1. The first-order chi connectivity index (χ1) is 13.8. The van der Waals surface area contributed by atoms with E-state index in [4.69, 9.17) is 4.52 Å². The molecule has 29 heavy (non-hydrogen) atoms. The Hall–Kier alpha value is -2.79. The highest BCUT2D eigenvalue weighted by atomic mass is 32.2. The lowest BCUT2D eigenvalue weighted by Gasteiger charge is -2.34. The van der Waals surface area contributed by atoms with Crippen LogP contribution < -0.4 is 4.72 Å². The number of hydrogen-bond acceptors (Lipinski definition) is 6. The molecule has 0 unspecified atom stereocenters. The summed E-state index contributed by atoms with van der Waals surface area (Å²) in [5.41, 5.74) is 0.616. The van der Waals surface area contributed by atoms with Gasteiger partial charge < -0.3 is 14.3 Å². The van der Waals surface area contributed by atoms with Gasteiger partial charge in [-0.3, -0.25) is 9.59 Å². The summed E-state index contributed by atoms with van der Waals surface area (Å²) in [5.74, 6) is -0.855. The zero-order chi connectivity index (χ0) is 21.0. The van der Waals surface area contributed by atoms with Crippen LogP contribution in [0.4, 0.5) is 4.39 Å². The molecular formula is C18H21FN4O5S.